The van der Waals surface area contributed by atoms with Gasteiger partial charge in [-0.1, -0.05) is 68.7 Å². The van der Waals surface area contributed by atoms with Gasteiger partial charge in [0.2, 0.25) is 11.8 Å². The largest absolute Gasteiger partial charge is 0.396 e. The number of nitrogens with zero attached hydrogens (tertiary/aromatic N) is 2. The number of aliphatic hydroxyl groups is 1. The number of benzene rings is 2. The molecule has 2 aromatic carbocycles. The van der Waals surface area contributed by atoms with Gasteiger partial charge in [0.15, 0.2) is 0 Å². The van der Waals surface area contributed by atoms with Crippen molar-refractivity contribution in [3.63, 3.8) is 0 Å². The first kappa shape index (κ1) is 26.8. The highest BCUT2D eigenvalue weighted by atomic mass is 32.1. The summed E-state index contributed by atoms with van der Waals surface area (Å²) in [7, 11) is 0. The Balaban J connectivity index is 1.40. The summed E-state index contributed by atoms with van der Waals surface area (Å²) in [6.07, 6.45) is 8.40. The molecule has 1 saturated heterocycles. The van der Waals surface area contributed by atoms with Crippen molar-refractivity contribution in [2.24, 2.45) is 11.8 Å². The Bertz CT molecular complexity index is 1240. The Kier molecular flexibility index (Phi) is 8.75. The van der Waals surface area contributed by atoms with Crippen LogP contribution in [0.4, 0.5) is 0 Å². The zero-order valence-electron chi connectivity index (χ0n) is 22.3. The maximum atomic E-state index is 14.2. The van der Waals surface area contributed by atoms with E-state index >= 15 is 0 Å². The van der Waals surface area contributed by atoms with E-state index in [9.17, 15) is 14.7 Å². The number of amides is 2. The molecule has 0 radical (unpaired) electrons. The SMILES string of the molecule is C[C@H](CCCO)C(=O)N[C@H](C(=O)N1CCC[C@H]1c1nc2c(-c3ccccc3)cccc2s1)C1CCCCC1. The third-order valence-electron chi connectivity index (χ3n) is 8.27. The molecule has 2 N–H and O–H groups in total. The minimum absolute atomic E-state index is 0.0460. The molecule has 2 heterocycles. The van der Waals surface area contributed by atoms with Crippen molar-refractivity contribution >= 4 is 33.4 Å². The normalized spacial score (nSPS) is 19.9. The second-order valence-corrected chi connectivity index (χ2v) is 12.0. The highest BCUT2D eigenvalue weighted by Gasteiger charge is 2.40. The number of hydrogen-bond donors (Lipinski definition) is 2. The molecule has 202 valence electrons. The molecule has 5 rings (SSSR count). The molecule has 0 unspecified atom stereocenters. The molecule has 1 aliphatic heterocycles. The Morgan fingerprint density at radius 3 is 2.61 bits per heavy atom. The summed E-state index contributed by atoms with van der Waals surface area (Å²) in [5.41, 5.74) is 3.25. The number of likely N-dealkylation sites (tertiary alicyclic amines) is 1. The molecular formula is C31H39N3O3S. The maximum Gasteiger partial charge on any atom is 0.246 e. The summed E-state index contributed by atoms with van der Waals surface area (Å²) in [6, 6.07) is 16.1. The van der Waals surface area contributed by atoms with Crippen molar-refractivity contribution in [2.45, 2.75) is 76.8 Å². The van der Waals surface area contributed by atoms with Gasteiger partial charge in [0.1, 0.15) is 11.0 Å². The molecule has 1 aromatic heterocycles. The number of fused-ring (bicyclic) bond motifs is 1. The summed E-state index contributed by atoms with van der Waals surface area (Å²) in [4.78, 5) is 34.4. The van der Waals surface area contributed by atoms with Crippen LogP contribution < -0.4 is 5.32 Å². The van der Waals surface area contributed by atoms with Gasteiger partial charge in [-0.25, -0.2) is 4.98 Å². The van der Waals surface area contributed by atoms with Crippen LogP contribution in [0.1, 0.15) is 75.8 Å². The minimum Gasteiger partial charge on any atom is -0.396 e. The summed E-state index contributed by atoms with van der Waals surface area (Å²) < 4.78 is 1.13. The lowest BCUT2D eigenvalue weighted by Crippen LogP contribution is -2.53. The fourth-order valence-corrected chi connectivity index (χ4v) is 7.24. The summed E-state index contributed by atoms with van der Waals surface area (Å²) >= 11 is 1.68. The van der Waals surface area contributed by atoms with Gasteiger partial charge in [-0.2, -0.15) is 0 Å². The number of nitrogens with one attached hydrogen (secondary N) is 1. The smallest absolute Gasteiger partial charge is 0.246 e. The maximum absolute atomic E-state index is 14.2. The molecular weight excluding hydrogens is 494 g/mol. The molecule has 2 aliphatic rings. The molecule has 0 bridgehead atoms. The van der Waals surface area contributed by atoms with E-state index in [0.29, 0.717) is 19.4 Å². The molecule has 1 aliphatic carbocycles. The highest BCUT2D eigenvalue weighted by Crippen LogP contribution is 2.40. The first-order valence-electron chi connectivity index (χ1n) is 14.2. The van der Waals surface area contributed by atoms with Crippen LogP contribution in [0.3, 0.4) is 0 Å². The zero-order valence-corrected chi connectivity index (χ0v) is 23.1. The molecule has 7 heteroatoms. The fraction of sp³-hybridized carbons (Fsp3) is 0.516. The molecule has 6 nitrogen and oxygen atoms in total. The van der Waals surface area contributed by atoms with E-state index in [0.717, 1.165) is 64.9 Å². The Morgan fingerprint density at radius 1 is 1.05 bits per heavy atom. The van der Waals surface area contributed by atoms with Gasteiger partial charge in [-0.15, -0.1) is 11.3 Å². The topological polar surface area (TPSA) is 82.5 Å². The van der Waals surface area contributed by atoms with Gasteiger partial charge in [-0.3, -0.25) is 9.59 Å². The van der Waals surface area contributed by atoms with Gasteiger partial charge in [0, 0.05) is 24.6 Å². The van der Waals surface area contributed by atoms with Crippen molar-refractivity contribution in [2.75, 3.05) is 13.2 Å². The first-order valence-corrected chi connectivity index (χ1v) is 15.0. The van der Waals surface area contributed by atoms with Gasteiger partial charge >= 0.3 is 0 Å². The number of aromatic nitrogens is 1. The van der Waals surface area contributed by atoms with Crippen molar-refractivity contribution in [3.8, 4) is 11.1 Å². The quantitative estimate of drug-likeness (QED) is 0.348. The van der Waals surface area contributed by atoms with Gasteiger partial charge in [0.25, 0.3) is 0 Å². The summed E-state index contributed by atoms with van der Waals surface area (Å²) in [5.74, 6) is -0.0853. The summed E-state index contributed by atoms with van der Waals surface area (Å²) in [6.45, 7) is 2.66. The fourth-order valence-electron chi connectivity index (χ4n) is 6.10. The van der Waals surface area contributed by atoms with E-state index in [1.807, 2.05) is 30.0 Å². The van der Waals surface area contributed by atoms with Crippen molar-refractivity contribution in [3.05, 3.63) is 53.5 Å². The lowest BCUT2D eigenvalue weighted by atomic mass is 9.83. The molecule has 2 fully saturated rings. The lowest BCUT2D eigenvalue weighted by Gasteiger charge is -2.35. The minimum atomic E-state index is -0.491. The number of rotatable bonds is 9. The zero-order chi connectivity index (χ0) is 26.5. The molecule has 3 aromatic rings. The third kappa shape index (κ3) is 5.79. The van der Waals surface area contributed by atoms with E-state index in [2.05, 4.69) is 35.6 Å². The Morgan fingerprint density at radius 2 is 1.84 bits per heavy atom. The van der Waals surface area contributed by atoms with Crippen LogP contribution in [-0.2, 0) is 9.59 Å². The summed E-state index contributed by atoms with van der Waals surface area (Å²) in [5, 5.41) is 13.3. The number of thiazole rings is 1. The van der Waals surface area contributed by atoms with Gasteiger partial charge in [0.05, 0.1) is 16.3 Å². The van der Waals surface area contributed by atoms with E-state index < -0.39 is 6.04 Å². The third-order valence-corrected chi connectivity index (χ3v) is 9.39. The highest BCUT2D eigenvalue weighted by molar-refractivity contribution is 7.18. The van der Waals surface area contributed by atoms with Crippen LogP contribution >= 0.6 is 11.3 Å². The average Bonchev–Trinajstić information content (AvgIpc) is 3.62. The predicted octanol–water partition coefficient (Wildman–Crippen LogP) is 6.10. The molecule has 3 atom stereocenters. The number of aliphatic hydroxyl groups excluding tert-OH is 1. The molecule has 0 spiro atoms. The van der Waals surface area contributed by atoms with Crippen LogP contribution in [-0.4, -0.2) is 46.0 Å². The van der Waals surface area contributed by atoms with Crippen LogP contribution in [0.5, 0.6) is 0 Å². The Labute approximate surface area is 229 Å². The number of carbonyl (C=O) groups is 2. The van der Waals surface area contributed by atoms with E-state index in [4.69, 9.17) is 4.98 Å². The molecule has 2 amide bonds. The van der Waals surface area contributed by atoms with Crippen LogP contribution in [0.2, 0.25) is 0 Å². The van der Waals surface area contributed by atoms with Gasteiger partial charge < -0.3 is 15.3 Å². The predicted molar refractivity (Wildman–Crippen MR) is 153 cm³/mol. The second kappa shape index (κ2) is 12.4. The van der Waals surface area contributed by atoms with Crippen molar-refractivity contribution in [1.29, 1.82) is 0 Å². The number of carbonyl (C=O) groups excluding carboxylic acids is 2. The van der Waals surface area contributed by atoms with E-state index in [1.54, 1.807) is 11.3 Å². The van der Waals surface area contributed by atoms with Gasteiger partial charge in [-0.05, 0) is 56.1 Å². The lowest BCUT2D eigenvalue weighted by molar-refractivity contribution is -0.140. The monoisotopic (exact) mass is 533 g/mol. The van der Waals surface area contributed by atoms with E-state index in [1.165, 1.54) is 6.42 Å². The number of hydrogen-bond acceptors (Lipinski definition) is 5. The first-order chi connectivity index (χ1) is 18.6. The van der Waals surface area contributed by atoms with Crippen LogP contribution in [0.15, 0.2) is 48.5 Å². The molecule has 38 heavy (non-hydrogen) atoms. The Hall–Kier alpha value is -2.77. The van der Waals surface area contributed by atoms with Crippen molar-refractivity contribution in [1.82, 2.24) is 15.2 Å². The van der Waals surface area contributed by atoms with E-state index in [-0.39, 0.29) is 36.3 Å². The molecule has 1 saturated carbocycles. The average molecular weight is 534 g/mol. The van der Waals surface area contributed by atoms with Crippen LogP contribution in [0.25, 0.3) is 21.3 Å². The van der Waals surface area contributed by atoms with Crippen molar-refractivity contribution < 1.29 is 14.7 Å². The standard InChI is InChI=1S/C31H39N3O3S/c1-21(11-10-20-35)29(36)32-27(23-14-6-3-7-15-23)31(37)34-19-9-17-25(34)30-33-28-24(16-8-18-26(28)38-30)22-12-4-2-5-13-22/h2,4-5,8,12-13,16,18,21,23,25,27,35H,3,6-7,9-11,14-15,17,19-20H2,1H3,(H,32,36)/t21-,25+,27+/m1/s1. The number of para-hydroxylation sites is 1. The van der Waals surface area contributed by atoms with Crippen LogP contribution in [0, 0.1) is 11.8 Å². The second-order valence-electron chi connectivity index (χ2n) is 10.9.